The lowest BCUT2D eigenvalue weighted by molar-refractivity contribution is -0.133. The van der Waals surface area contributed by atoms with Crippen LogP contribution in [0.1, 0.15) is 76.6 Å². The predicted molar refractivity (Wildman–Crippen MR) is 117 cm³/mol. The monoisotopic (exact) mass is 412 g/mol. The number of furan rings is 1. The van der Waals surface area contributed by atoms with E-state index in [9.17, 15) is 14.7 Å². The average Bonchev–Trinajstić information content (AvgIpc) is 3.32. The molecule has 0 bridgehead atoms. The van der Waals surface area contributed by atoms with E-state index in [1.807, 2.05) is 12.2 Å². The Balaban J connectivity index is 1.67. The van der Waals surface area contributed by atoms with Crippen LogP contribution >= 0.6 is 0 Å². The molecule has 1 unspecified atom stereocenters. The van der Waals surface area contributed by atoms with E-state index in [1.165, 1.54) is 23.7 Å². The summed E-state index contributed by atoms with van der Waals surface area (Å²) in [5.74, 6) is 0.0559. The summed E-state index contributed by atoms with van der Waals surface area (Å²) in [5, 5.41) is 9.88. The van der Waals surface area contributed by atoms with Crippen molar-refractivity contribution in [2.75, 3.05) is 0 Å². The molecule has 1 aromatic heterocycles. The van der Waals surface area contributed by atoms with Gasteiger partial charge in [0.05, 0.1) is 17.4 Å². The highest BCUT2D eigenvalue weighted by Crippen LogP contribution is 2.26. The third-order valence-electron chi connectivity index (χ3n) is 5.27. The summed E-state index contributed by atoms with van der Waals surface area (Å²) in [6.45, 7) is 7.81. The van der Waals surface area contributed by atoms with Gasteiger partial charge in [-0.1, -0.05) is 30.2 Å². The zero-order valence-corrected chi connectivity index (χ0v) is 18.4. The minimum Gasteiger partial charge on any atom is -0.504 e. The summed E-state index contributed by atoms with van der Waals surface area (Å²) >= 11 is 0. The quantitative estimate of drug-likeness (QED) is 0.251. The van der Waals surface area contributed by atoms with E-state index in [0.29, 0.717) is 12.0 Å². The SMILES string of the molecule is CC1=C(O)/C(=C/C(C)CCC/C(C)=C/CC/C(C)=C/CC(=O)c2ccoc2)OC1=O. The van der Waals surface area contributed by atoms with Crippen LogP contribution in [0.3, 0.4) is 0 Å². The van der Waals surface area contributed by atoms with Crippen molar-refractivity contribution in [2.45, 2.75) is 66.2 Å². The summed E-state index contributed by atoms with van der Waals surface area (Å²) in [6, 6.07) is 1.69. The van der Waals surface area contributed by atoms with E-state index in [4.69, 9.17) is 9.15 Å². The standard InChI is InChI=1S/C25H32O5/c1-17(7-5-9-18(2)11-12-22(26)21-13-14-29-16-21)8-6-10-19(3)15-23-24(27)20(4)25(28)30-23/h7,11,13-16,19,27H,5-6,8-10,12H2,1-4H3/b17-7+,18-11+,23-15-. The Labute approximate surface area is 178 Å². The van der Waals surface area contributed by atoms with Gasteiger partial charge in [-0.2, -0.15) is 0 Å². The number of hydrogen-bond acceptors (Lipinski definition) is 5. The van der Waals surface area contributed by atoms with Gasteiger partial charge in [0.2, 0.25) is 0 Å². The molecule has 0 amide bonds. The second-order valence-corrected chi connectivity index (χ2v) is 8.04. The summed E-state index contributed by atoms with van der Waals surface area (Å²) in [7, 11) is 0. The number of allylic oxidation sites excluding steroid dienone is 5. The van der Waals surface area contributed by atoms with E-state index in [0.717, 1.165) is 32.1 Å². The first-order valence-corrected chi connectivity index (χ1v) is 10.5. The minimum absolute atomic E-state index is 0.0437. The van der Waals surface area contributed by atoms with E-state index in [1.54, 1.807) is 13.0 Å². The number of cyclic esters (lactones) is 1. The molecule has 162 valence electrons. The number of Topliss-reactive ketones (excluding diaryl/α,β-unsaturated/α-hetero) is 1. The molecule has 0 spiro atoms. The molecular weight excluding hydrogens is 380 g/mol. The molecule has 0 saturated heterocycles. The van der Waals surface area contributed by atoms with Crippen molar-refractivity contribution in [3.05, 3.63) is 70.6 Å². The maximum absolute atomic E-state index is 12.0. The first kappa shape index (κ1) is 23.5. The molecule has 1 aliphatic rings. The van der Waals surface area contributed by atoms with Crippen LogP contribution in [-0.4, -0.2) is 16.9 Å². The van der Waals surface area contributed by atoms with Crippen LogP contribution in [0.4, 0.5) is 0 Å². The molecule has 30 heavy (non-hydrogen) atoms. The largest absolute Gasteiger partial charge is 0.504 e. The molecule has 1 aliphatic heterocycles. The van der Waals surface area contributed by atoms with Gasteiger partial charge in [0.25, 0.3) is 0 Å². The fourth-order valence-electron chi connectivity index (χ4n) is 3.22. The normalized spacial score (nSPS) is 17.6. The predicted octanol–water partition coefficient (Wildman–Crippen LogP) is 6.60. The van der Waals surface area contributed by atoms with E-state index < -0.39 is 5.97 Å². The highest BCUT2D eigenvalue weighted by atomic mass is 16.6. The number of carbonyl (C=O) groups is 2. The first-order chi connectivity index (χ1) is 14.3. The van der Waals surface area contributed by atoms with Gasteiger partial charge in [-0.25, -0.2) is 4.79 Å². The van der Waals surface area contributed by atoms with Gasteiger partial charge in [0, 0.05) is 6.42 Å². The summed E-state index contributed by atoms with van der Waals surface area (Å²) in [5.41, 5.74) is 3.45. The van der Waals surface area contributed by atoms with Crippen molar-refractivity contribution >= 4 is 11.8 Å². The Morgan fingerprint density at radius 3 is 2.57 bits per heavy atom. The molecule has 5 heteroatoms. The lowest BCUT2D eigenvalue weighted by atomic mass is 9.99. The number of rotatable bonds is 11. The molecule has 1 aromatic rings. The van der Waals surface area contributed by atoms with Crippen LogP contribution in [0.25, 0.3) is 0 Å². The first-order valence-electron chi connectivity index (χ1n) is 10.5. The summed E-state index contributed by atoms with van der Waals surface area (Å²) in [6.07, 6.45) is 14.4. The third kappa shape index (κ3) is 7.21. The van der Waals surface area contributed by atoms with Gasteiger partial charge in [0.1, 0.15) is 6.26 Å². The van der Waals surface area contributed by atoms with Crippen molar-refractivity contribution in [3.63, 3.8) is 0 Å². The van der Waals surface area contributed by atoms with Crippen LogP contribution in [0.15, 0.2) is 69.5 Å². The van der Waals surface area contributed by atoms with Gasteiger partial charge in [0.15, 0.2) is 17.3 Å². The average molecular weight is 413 g/mol. The molecule has 1 atom stereocenters. The van der Waals surface area contributed by atoms with Crippen molar-refractivity contribution in [2.24, 2.45) is 5.92 Å². The summed E-state index contributed by atoms with van der Waals surface area (Å²) < 4.78 is 10.0. The smallest absolute Gasteiger partial charge is 0.343 e. The van der Waals surface area contributed by atoms with Gasteiger partial charge < -0.3 is 14.3 Å². The van der Waals surface area contributed by atoms with Crippen LogP contribution in [0.2, 0.25) is 0 Å². The molecule has 2 rings (SSSR count). The highest BCUT2D eigenvalue weighted by molar-refractivity contribution is 5.96. The third-order valence-corrected chi connectivity index (χ3v) is 5.27. The van der Waals surface area contributed by atoms with Crippen LogP contribution in [0.5, 0.6) is 0 Å². The number of aliphatic hydroxyl groups is 1. The van der Waals surface area contributed by atoms with Crippen molar-refractivity contribution in [1.29, 1.82) is 0 Å². The lowest BCUT2D eigenvalue weighted by Gasteiger charge is -2.08. The molecule has 0 aliphatic carbocycles. The number of carbonyl (C=O) groups excluding carboxylic acids is 2. The maximum Gasteiger partial charge on any atom is 0.343 e. The van der Waals surface area contributed by atoms with Crippen LogP contribution in [-0.2, 0) is 9.53 Å². The zero-order valence-electron chi connectivity index (χ0n) is 18.4. The lowest BCUT2D eigenvalue weighted by Crippen LogP contribution is -1.97. The van der Waals surface area contributed by atoms with Crippen LogP contribution in [0, 0.1) is 5.92 Å². The van der Waals surface area contributed by atoms with Gasteiger partial charge >= 0.3 is 5.97 Å². The van der Waals surface area contributed by atoms with Gasteiger partial charge in [-0.3, -0.25) is 4.79 Å². The van der Waals surface area contributed by atoms with E-state index in [2.05, 4.69) is 26.8 Å². The Bertz CT molecular complexity index is 865. The number of ketones is 1. The Morgan fingerprint density at radius 1 is 1.20 bits per heavy atom. The Kier molecular flexibility index (Phi) is 8.90. The van der Waals surface area contributed by atoms with Gasteiger partial charge in [-0.05, 0) is 70.9 Å². The molecule has 5 nitrogen and oxygen atoms in total. The minimum atomic E-state index is -0.472. The maximum atomic E-state index is 12.0. The van der Waals surface area contributed by atoms with Crippen molar-refractivity contribution in [3.8, 4) is 0 Å². The number of ether oxygens (including phenoxy) is 1. The second kappa shape index (κ2) is 11.4. The number of hydrogen-bond donors (Lipinski definition) is 1. The fourth-order valence-corrected chi connectivity index (χ4v) is 3.22. The topological polar surface area (TPSA) is 76.7 Å². The summed E-state index contributed by atoms with van der Waals surface area (Å²) in [4.78, 5) is 23.4. The van der Waals surface area contributed by atoms with Gasteiger partial charge in [-0.15, -0.1) is 0 Å². The number of aliphatic hydroxyl groups excluding tert-OH is 1. The molecule has 0 fully saturated rings. The van der Waals surface area contributed by atoms with Crippen LogP contribution < -0.4 is 0 Å². The van der Waals surface area contributed by atoms with Crippen molar-refractivity contribution < 1.29 is 23.8 Å². The molecule has 0 saturated carbocycles. The van der Waals surface area contributed by atoms with E-state index in [-0.39, 0.29) is 28.8 Å². The molecule has 1 N–H and O–H groups in total. The van der Waals surface area contributed by atoms with Crippen molar-refractivity contribution in [1.82, 2.24) is 0 Å². The zero-order chi connectivity index (χ0) is 22.1. The highest BCUT2D eigenvalue weighted by Gasteiger charge is 2.26. The molecule has 0 aromatic carbocycles. The number of esters is 1. The molecule has 2 heterocycles. The van der Waals surface area contributed by atoms with E-state index >= 15 is 0 Å². The second-order valence-electron chi connectivity index (χ2n) is 8.04. The molecular formula is C25H32O5. The Morgan fingerprint density at radius 2 is 1.93 bits per heavy atom. The molecule has 0 radical (unpaired) electrons. The Hall–Kier alpha value is -2.82. The fraction of sp³-hybridized carbons (Fsp3) is 0.440.